The van der Waals surface area contributed by atoms with E-state index in [-0.39, 0.29) is 11.6 Å². The summed E-state index contributed by atoms with van der Waals surface area (Å²) < 4.78 is 10.5. The van der Waals surface area contributed by atoms with Crippen molar-refractivity contribution >= 4 is 17.5 Å². The number of unbranched alkanes of at least 4 members (excludes halogenated alkanes) is 1. The molecule has 24 heavy (non-hydrogen) atoms. The van der Waals surface area contributed by atoms with Crippen molar-refractivity contribution in [2.75, 3.05) is 5.32 Å². The molecule has 0 spiro atoms. The molecule has 0 aliphatic rings. The molecular weight excluding hydrogens is 316 g/mol. The standard InChI is InChI=1S/C15H18N4O5/c1-3-4-6-12(15(20)17-13-9-10(2)24-18-13)23-11-7-5-8-16-14(11)19(21)22/h5,7-9,12H,3-4,6H2,1-2H3,(H,17,18,20)/t12-/m0/s1. The number of carbonyl (C=O) groups excluding carboxylic acids is 1. The van der Waals surface area contributed by atoms with Crippen molar-refractivity contribution in [1.29, 1.82) is 0 Å². The van der Waals surface area contributed by atoms with Crippen LogP contribution in [0.15, 0.2) is 28.9 Å². The molecule has 0 fully saturated rings. The number of ether oxygens (including phenoxy) is 1. The van der Waals surface area contributed by atoms with Gasteiger partial charge >= 0.3 is 5.82 Å². The molecule has 2 rings (SSSR count). The molecule has 2 aromatic rings. The number of hydrogen-bond donors (Lipinski definition) is 1. The predicted octanol–water partition coefficient (Wildman–Crippen LogP) is 2.86. The minimum absolute atomic E-state index is 0.0462. The lowest BCUT2D eigenvalue weighted by molar-refractivity contribution is -0.390. The maximum atomic E-state index is 12.4. The third-order valence-electron chi connectivity index (χ3n) is 3.18. The number of hydrogen-bond acceptors (Lipinski definition) is 7. The van der Waals surface area contributed by atoms with Crippen LogP contribution >= 0.6 is 0 Å². The van der Waals surface area contributed by atoms with E-state index in [0.29, 0.717) is 12.2 Å². The van der Waals surface area contributed by atoms with Gasteiger partial charge in [0.05, 0.1) is 0 Å². The van der Waals surface area contributed by atoms with Crippen LogP contribution in [0, 0.1) is 17.0 Å². The van der Waals surface area contributed by atoms with E-state index in [9.17, 15) is 14.9 Å². The van der Waals surface area contributed by atoms with Gasteiger partial charge in [0.25, 0.3) is 5.91 Å². The topological polar surface area (TPSA) is 120 Å². The van der Waals surface area contributed by atoms with E-state index in [2.05, 4.69) is 15.5 Å². The Balaban J connectivity index is 2.15. The molecular formula is C15H18N4O5. The van der Waals surface area contributed by atoms with Gasteiger partial charge in [-0.15, -0.1) is 0 Å². The highest BCUT2D eigenvalue weighted by atomic mass is 16.6. The van der Waals surface area contributed by atoms with Crippen LogP contribution in [0.3, 0.4) is 0 Å². The van der Waals surface area contributed by atoms with Gasteiger partial charge in [0, 0.05) is 6.07 Å². The first kappa shape index (κ1) is 17.4. The van der Waals surface area contributed by atoms with Crippen molar-refractivity contribution in [3.8, 4) is 5.75 Å². The van der Waals surface area contributed by atoms with Gasteiger partial charge in [0.15, 0.2) is 11.9 Å². The van der Waals surface area contributed by atoms with Crippen LogP contribution in [-0.2, 0) is 4.79 Å². The van der Waals surface area contributed by atoms with Gasteiger partial charge in [-0.2, -0.15) is 0 Å². The highest BCUT2D eigenvalue weighted by Crippen LogP contribution is 2.25. The number of anilines is 1. The van der Waals surface area contributed by atoms with Gasteiger partial charge in [-0.05, 0) is 41.8 Å². The van der Waals surface area contributed by atoms with Gasteiger partial charge in [-0.25, -0.2) is 0 Å². The SMILES string of the molecule is CCCC[C@H](Oc1cccnc1[N+](=O)[O-])C(=O)Nc1cc(C)on1. The Morgan fingerprint density at radius 2 is 2.33 bits per heavy atom. The predicted molar refractivity (Wildman–Crippen MR) is 84.7 cm³/mol. The second-order valence-corrected chi connectivity index (χ2v) is 5.14. The summed E-state index contributed by atoms with van der Waals surface area (Å²) in [4.78, 5) is 26.5. The molecule has 9 heteroatoms. The molecule has 0 aliphatic carbocycles. The highest BCUT2D eigenvalue weighted by molar-refractivity contribution is 5.93. The minimum atomic E-state index is -0.898. The van der Waals surface area contributed by atoms with Gasteiger partial charge < -0.3 is 24.7 Å². The van der Waals surface area contributed by atoms with Gasteiger partial charge in [0.2, 0.25) is 5.75 Å². The number of nitrogens with one attached hydrogen (secondary N) is 1. The zero-order chi connectivity index (χ0) is 17.5. The van der Waals surface area contributed by atoms with Crippen molar-refractivity contribution in [2.24, 2.45) is 0 Å². The van der Waals surface area contributed by atoms with Crippen molar-refractivity contribution in [2.45, 2.75) is 39.2 Å². The second kappa shape index (κ2) is 8.04. The molecule has 1 N–H and O–H groups in total. The summed E-state index contributed by atoms with van der Waals surface area (Å²) in [5.74, 6) is -0.100. The van der Waals surface area contributed by atoms with Crippen LogP contribution in [0.25, 0.3) is 0 Å². The van der Waals surface area contributed by atoms with Crippen LogP contribution in [0.4, 0.5) is 11.6 Å². The number of aryl methyl sites for hydroxylation is 1. The van der Waals surface area contributed by atoms with E-state index in [1.807, 2.05) is 6.92 Å². The Morgan fingerprint density at radius 1 is 1.54 bits per heavy atom. The maximum absolute atomic E-state index is 12.4. The molecule has 1 amide bonds. The Labute approximate surface area is 138 Å². The van der Waals surface area contributed by atoms with Crippen LogP contribution < -0.4 is 10.1 Å². The average molecular weight is 334 g/mol. The van der Waals surface area contributed by atoms with E-state index in [1.165, 1.54) is 18.3 Å². The fourth-order valence-corrected chi connectivity index (χ4v) is 2.03. The normalized spacial score (nSPS) is 11.8. The number of pyridine rings is 1. The molecule has 9 nitrogen and oxygen atoms in total. The average Bonchev–Trinajstić information content (AvgIpc) is 2.96. The number of nitro groups is 1. The van der Waals surface area contributed by atoms with Crippen molar-refractivity contribution in [1.82, 2.24) is 10.1 Å². The van der Waals surface area contributed by atoms with Crippen LogP contribution in [0.5, 0.6) is 5.75 Å². The summed E-state index contributed by atoms with van der Waals surface area (Å²) in [5, 5.41) is 17.3. The molecule has 0 radical (unpaired) electrons. The number of aromatic nitrogens is 2. The Morgan fingerprint density at radius 3 is 2.96 bits per heavy atom. The number of amides is 1. The summed E-state index contributed by atoms with van der Waals surface area (Å²) in [5.41, 5.74) is 0. The van der Waals surface area contributed by atoms with Crippen molar-refractivity contribution in [3.05, 3.63) is 40.3 Å². The first-order valence-corrected chi connectivity index (χ1v) is 7.51. The lowest BCUT2D eigenvalue weighted by Crippen LogP contribution is -2.33. The van der Waals surface area contributed by atoms with E-state index in [0.717, 1.165) is 12.8 Å². The first-order valence-electron chi connectivity index (χ1n) is 7.51. The fraction of sp³-hybridized carbons (Fsp3) is 0.400. The van der Waals surface area contributed by atoms with Gasteiger partial charge in [-0.1, -0.05) is 18.5 Å². The molecule has 1 atom stereocenters. The lowest BCUT2D eigenvalue weighted by Gasteiger charge is -2.17. The highest BCUT2D eigenvalue weighted by Gasteiger charge is 2.25. The second-order valence-electron chi connectivity index (χ2n) is 5.14. The molecule has 2 aromatic heterocycles. The molecule has 0 unspecified atom stereocenters. The zero-order valence-corrected chi connectivity index (χ0v) is 13.4. The number of carbonyl (C=O) groups is 1. The van der Waals surface area contributed by atoms with Crippen molar-refractivity contribution < 1.29 is 19.0 Å². The molecule has 0 aliphatic heterocycles. The third kappa shape index (κ3) is 4.51. The quantitative estimate of drug-likeness (QED) is 0.582. The molecule has 128 valence electrons. The van der Waals surface area contributed by atoms with Crippen LogP contribution in [0.1, 0.15) is 31.9 Å². The molecule has 0 bridgehead atoms. The molecule has 0 saturated heterocycles. The third-order valence-corrected chi connectivity index (χ3v) is 3.18. The fourth-order valence-electron chi connectivity index (χ4n) is 2.03. The summed E-state index contributed by atoms with van der Waals surface area (Å²) in [7, 11) is 0. The Hall–Kier alpha value is -2.97. The monoisotopic (exact) mass is 334 g/mol. The van der Waals surface area contributed by atoms with Gasteiger partial charge in [-0.3, -0.25) is 4.79 Å². The van der Waals surface area contributed by atoms with E-state index in [4.69, 9.17) is 9.26 Å². The van der Waals surface area contributed by atoms with Crippen molar-refractivity contribution in [3.63, 3.8) is 0 Å². The Kier molecular flexibility index (Phi) is 5.83. The Bertz CT molecular complexity index is 715. The lowest BCUT2D eigenvalue weighted by atomic mass is 10.1. The molecule has 0 saturated carbocycles. The van der Waals surface area contributed by atoms with E-state index in [1.54, 1.807) is 13.0 Å². The minimum Gasteiger partial charge on any atom is -0.472 e. The maximum Gasteiger partial charge on any atom is 0.406 e. The first-order chi connectivity index (χ1) is 11.5. The summed E-state index contributed by atoms with van der Waals surface area (Å²) in [6, 6.07) is 4.50. The largest absolute Gasteiger partial charge is 0.472 e. The zero-order valence-electron chi connectivity index (χ0n) is 13.4. The summed E-state index contributed by atoms with van der Waals surface area (Å²) in [6.07, 6.45) is 2.38. The summed E-state index contributed by atoms with van der Waals surface area (Å²) >= 11 is 0. The van der Waals surface area contributed by atoms with E-state index < -0.39 is 22.8 Å². The van der Waals surface area contributed by atoms with Crippen LogP contribution in [-0.4, -0.2) is 27.1 Å². The molecule has 2 heterocycles. The number of nitrogens with zero attached hydrogens (tertiary/aromatic N) is 3. The van der Waals surface area contributed by atoms with E-state index >= 15 is 0 Å². The van der Waals surface area contributed by atoms with Gasteiger partial charge in [0.1, 0.15) is 12.0 Å². The smallest absolute Gasteiger partial charge is 0.406 e. The van der Waals surface area contributed by atoms with Crippen LogP contribution in [0.2, 0.25) is 0 Å². The summed E-state index contributed by atoms with van der Waals surface area (Å²) in [6.45, 7) is 3.68. The molecule has 0 aromatic carbocycles. The number of rotatable bonds is 8.